The van der Waals surface area contributed by atoms with Gasteiger partial charge in [0.1, 0.15) is 6.61 Å². The van der Waals surface area contributed by atoms with Crippen molar-refractivity contribution in [1.29, 1.82) is 0 Å². The SMILES string of the molecule is CC(O)COC(=O)C=C(CC(=O)O)C(=O)O. The van der Waals surface area contributed by atoms with Gasteiger partial charge in [0, 0.05) is 6.08 Å². The summed E-state index contributed by atoms with van der Waals surface area (Å²) in [5.41, 5.74) is -0.580. The highest BCUT2D eigenvalue weighted by molar-refractivity contribution is 5.98. The number of esters is 1. The van der Waals surface area contributed by atoms with Gasteiger partial charge in [-0.2, -0.15) is 0 Å². The van der Waals surface area contributed by atoms with Crippen molar-refractivity contribution >= 4 is 17.9 Å². The topological polar surface area (TPSA) is 121 Å². The second kappa shape index (κ2) is 6.57. The van der Waals surface area contributed by atoms with Crippen LogP contribution in [0.3, 0.4) is 0 Å². The number of carboxylic acid groups (broad SMARTS) is 2. The Hall–Kier alpha value is -1.89. The molecular weight excluding hydrogens is 220 g/mol. The van der Waals surface area contributed by atoms with Crippen molar-refractivity contribution in [3.63, 3.8) is 0 Å². The number of aliphatic carboxylic acids is 2. The van der Waals surface area contributed by atoms with Crippen molar-refractivity contribution in [3.8, 4) is 0 Å². The number of hydrogen-bond donors (Lipinski definition) is 3. The summed E-state index contributed by atoms with van der Waals surface area (Å²) < 4.78 is 4.44. The Labute approximate surface area is 90.9 Å². The third kappa shape index (κ3) is 6.55. The molecule has 16 heavy (non-hydrogen) atoms. The lowest BCUT2D eigenvalue weighted by molar-refractivity contribution is -0.142. The first-order valence-electron chi connectivity index (χ1n) is 4.33. The number of hydrogen-bond acceptors (Lipinski definition) is 5. The minimum Gasteiger partial charge on any atom is -0.481 e. The lowest BCUT2D eigenvalue weighted by Gasteiger charge is -2.04. The molecule has 0 radical (unpaired) electrons. The highest BCUT2D eigenvalue weighted by atomic mass is 16.5. The summed E-state index contributed by atoms with van der Waals surface area (Å²) in [7, 11) is 0. The first kappa shape index (κ1) is 14.1. The first-order valence-corrected chi connectivity index (χ1v) is 4.33. The fourth-order valence-electron chi connectivity index (χ4n) is 0.738. The van der Waals surface area contributed by atoms with Crippen LogP contribution in [0.15, 0.2) is 11.6 Å². The average Bonchev–Trinajstić information content (AvgIpc) is 2.12. The number of ether oxygens (including phenoxy) is 1. The molecule has 1 unspecified atom stereocenters. The molecule has 0 aliphatic rings. The number of carboxylic acids is 2. The van der Waals surface area contributed by atoms with Crippen LogP contribution in [-0.2, 0) is 19.1 Å². The molecule has 0 aromatic rings. The molecule has 0 spiro atoms. The van der Waals surface area contributed by atoms with Gasteiger partial charge >= 0.3 is 17.9 Å². The Balaban J connectivity index is 4.47. The maximum atomic E-state index is 11.0. The van der Waals surface area contributed by atoms with E-state index in [0.29, 0.717) is 6.08 Å². The molecule has 0 aliphatic carbocycles. The van der Waals surface area contributed by atoms with Crippen LogP contribution in [0.1, 0.15) is 13.3 Å². The minimum absolute atomic E-state index is 0.282. The number of carbonyl (C=O) groups is 3. The van der Waals surface area contributed by atoms with Crippen molar-refractivity contribution < 1.29 is 34.4 Å². The zero-order chi connectivity index (χ0) is 12.7. The molecule has 90 valence electrons. The summed E-state index contributed by atoms with van der Waals surface area (Å²) in [5.74, 6) is -3.87. The zero-order valence-corrected chi connectivity index (χ0v) is 8.54. The van der Waals surface area contributed by atoms with Gasteiger partial charge in [-0.15, -0.1) is 0 Å². The van der Waals surface area contributed by atoms with E-state index >= 15 is 0 Å². The summed E-state index contributed by atoms with van der Waals surface area (Å²) in [5, 5.41) is 25.7. The zero-order valence-electron chi connectivity index (χ0n) is 8.54. The molecule has 0 saturated heterocycles. The predicted molar refractivity (Wildman–Crippen MR) is 50.6 cm³/mol. The molecule has 0 heterocycles. The van der Waals surface area contributed by atoms with Gasteiger partial charge in [0.25, 0.3) is 0 Å². The van der Waals surface area contributed by atoms with Crippen LogP contribution in [-0.4, -0.2) is 45.9 Å². The second-order valence-electron chi connectivity index (χ2n) is 3.02. The van der Waals surface area contributed by atoms with Crippen LogP contribution >= 0.6 is 0 Å². The van der Waals surface area contributed by atoms with E-state index in [1.165, 1.54) is 6.92 Å². The standard InChI is InChI=1S/C9H12O7/c1-5(10)4-16-8(13)3-6(9(14)15)2-7(11)12/h3,5,10H,2,4H2,1H3,(H,11,12)(H,14,15). The molecule has 0 aliphatic heterocycles. The molecule has 0 saturated carbocycles. The smallest absolute Gasteiger partial charge is 0.332 e. The van der Waals surface area contributed by atoms with Crippen molar-refractivity contribution in [3.05, 3.63) is 11.6 Å². The van der Waals surface area contributed by atoms with E-state index in [4.69, 9.17) is 15.3 Å². The molecule has 0 aromatic heterocycles. The Morgan fingerprint density at radius 3 is 2.25 bits per heavy atom. The van der Waals surface area contributed by atoms with Crippen molar-refractivity contribution in [2.45, 2.75) is 19.4 Å². The molecule has 0 aromatic carbocycles. The monoisotopic (exact) mass is 232 g/mol. The van der Waals surface area contributed by atoms with E-state index < -0.39 is 36.0 Å². The van der Waals surface area contributed by atoms with Gasteiger partial charge in [0.05, 0.1) is 18.1 Å². The Bertz CT molecular complexity index is 316. The number of rotatable bonds is 6. The van der Waals surface area contributed by atoms with Crippen LogP contribution in [0.25, 0.3) is 0 Å². The lowest BCUT2D eigenvalue weighted by Crippen LogP contribution is -2.15. The second-order valence-corrected chi connectivity index (χ2v) is 3.02. The Morgan fingerprint density at radius 2 is 1.88 bits per heavy atom. The maximum Gasteiger partial charge on any atom is 0.332 e. The largest absolute Gasteiger partial charge is 0.481 e. The van der Waals surface area contributed by atoms with Gasteiger partial charge in [-0.1, -0.05) is 0 Å². The van der Waals surface area contributed by atoms with Crippen LogP contribution < -0.4 is 0 Å². The fourth-order valence-corrected chi connectivity index (χ4v) is 0.738. The van der Waals surface area contributed by atoms with Gasteiger partial charge in [0.2, 0.25) is 0 Å². The number of aliphatic hydroxyl groups is 1. The van der Waals surface area contributed by atoms with Gasteiger partial charge in [-0.05, 0) is 6.92 Å². The van der Waals surface area contributed by atoms with E-state index in [0.717, 1.165) is 0 Å². The number of carbonyl (C=O) groups excluding carboxylic acids is 1. The molecule has 0 bridgehead atoms. The van der Waals surface area contributed by atoms with Crippen LogP contribution in [0.5, 0.6) is 0 Å². The van der Waals surface area contributed by atoms with Gasteiger partial charge < -0.3 is 20.1 Å². The quantitative estimate of drug-likeness (QED) is 0.412. The van der Waals surface area contributed by atoms with Crippen molar-refractivity contribution in [2.24, 2.45) is 0 Å². The molecule has 7 nitrogen and oxygen atoms in total. The molecule has 3 N–H and O–H groups in total. The molecule has 0 fully saturated rings. The van der Waals surface area contributed by atoms with Crippen LogP contribution in [0, 0.1) is 0 Å². The first-order chi connectivity index (χ1) is 7.32. The van der Waals surface area contributed by atoms with E-state index in [1.54, 1.807) is 0 Å². The molecule has 7 heteroatoms. The molecule has 1 atom stereocenters. The molecule has 0 amide bonds. The summed E-state index contributed by atoms with van der Waals surface area (Å²) in [4.78, 5) is 31.8. The van der Waals surface area contributed by atoms with Crippen LogP contribution in [0.2, 0.25) is 0 Å². The number of aliphatic hydroxyl groups excluding tert-OH is 1. The van der Waals surface area contributed by atoms with Gasteiger partial charge in [-0.25, -0.2) is 9.59 Å². The maximum absolute atomic E-state index is 11.0. The van der Waals surface area contributed by atoms with E-state index in [1.807, 2.05) is 0 Å². The summed E-state index contributed by atoms with van der Waals surface area (Å²) >= 11 is 0. The Kier molecular flexibility index (Phi) is 5.79. The average molecular weight is 232 g/mol. The predicted octanol–water partition coefficient (Wildman–Crippen LogP) is -0.604. The summed E-state index contributed by atoms with van der Waals surface area (Å²) in [6, 6.07) is 0. The Morgan fingerprint density at radius 1 is 1.31 bits per heavy atom. The highest BCUT2D eigenvalue weighted by Crippen LogP contribution is 2.02. The third-order valence-electron chi connectivity index (χ3n) is 1.38. The van der Waals surface area contributed by atoms with Gasteiger partial charge in [-0.3, -0.25) is 4.79 Å². The fraction of sp³-hybridized carbons (Fsp3) is 0.444. The van der Waals surface area contributed by atoms with E-state index in [-0.39, 0.29) is 6.61 Å². The van der Waals surface area contributed by atoms with Gasteiger partial charge in [0.15, 0.2) is 0 Å². The van der Waals surface area contributed by atoms with Crippen LogP contribution in [0.4, 0.5) is 0 Å². The molecular formula is C9H12O7. The third-order valence-corrected chi connectivity index (χ3v) is 1.38. The highest BCUT2D eigenvalue weighted by Gasteiger charge is 2.14. The summed E-state index contributed by atoms with van der Waals surface area (Å²) in [6.45, 7) is 1.10. The van der Waals surface area contributed by atoms with E-state index in [9.17, 15) is 14.4 Å². The molecule has 0 rings (SSSR count). The van der Waals surface area contributed by atoms with E-state index in [2.05, 4.69) is 4.74 Å². The minimum atomic E-state index is -1.50. The summed E-state index contributed by atoms with van der Waals surface area (Å²) in [6.07, 6.45) is -1.07. The van der Waals surface area contributed by atoms with Crippen molar-refractivity contribution in [1.82, 2.24) is 0 Å². The lowest BCUT2D eigenvalue weighted by atomic mass is 10.2. The van der Waals surface area contributed by atoms with Crippen molar-refractivity contribution in [2.75, 3.05) is 6.61 Å². The normalized spacial score (nSPS) is 13.0.